The van der Waals surface area contributed by atoms with Gasteiger partial charge in [0.25, 0.3) is 0 Å². The predicted molar refractivity (Wildman–Crippen MR) is 116 cm³/mol. The second-order valence-corrected chi connectivity index (χ2v) is 8.79. The summed E-state index contributed by atoms with van der Waals surface area (Å²) in [6.45, 7) is 3.85. The number of aromatic nitrogens is 1. The minimum absolute atomic E-state index is 0. The molecule has 11 heteroatoms. The number of nitrogens with one attached hydrogen (secondary N) is 1. The van der Waals surface area contributed by atoms with Crippen molar-refractivity contribution in [2.45, 2.75) is 9.79 Å². The number of nitrogens with zero attached hydrogens (tertiary/aromatic N) is 3. The fourth-order valence-electron chi connectivity index (χ4n) is 3.56. The van der Waals surface area contributed by atoms with Crippen LogP contribution in [0, 0.1) is 0 Å². The van der Waals surface area contributed by atoms with E-state index in [0.717, 1.165) is 28.6 Å². The Kier molecular flexibility index (Phi) is 8.30. The Morgan fingerprint density at radius 1 is 1.19 bits per heavy atom. The zero-order chi connectivity index (χ0) is 21.1. The number of hydrogen-bond donors (Lipinski definition) is 1. The zero-order valence-corrected chi connectivity index (χ0v) is 19.6. The molecule has 2 aliphatic heterocycles. The first kappa shape index (κ1) is 23.9. The third kappa shape index (κ3) is 5.38. The number of fused-ring (bicyclic) bond motifs is 2. The minimum Gasteiger partial charge on any atom is -1.00 e. The molecule has 2 aromatic rings. The zero-order valence-electron chi connectivity index (χ0n) is 16.5. The molecule has 1 N–H and O–H groups in total. The van der Waals surface area contributed by atoms with E-state index in [1.807, 2.05) is 35.2 Å². The van der Waals surface area contributed by atoms with Crippen LogP contribution >= 0.6 is 35.0 Å². The van der Waals surface area contributed by atoms with Crippen molar-refractivity contribution in [3.63, 3.8) is 0 Å². The summed E-state index contributed by atoms with van der Waals surface area (Å²) in [6.07, 6.45) is 1.57. The minimum atomic E-state index is -0.405. The van der Waals surface area contributed by atoms with Gasteiger partial charge in [-0.2, -0.15) is 0 Å². The van der Waals surface area contributed by atoms with Gasteiger partial charge in [-0.25, -0.2) is 14.7 Å². The number of ether oxygens (including phenoxy) is 1. The van der Waals surface area contributed by atoms with Gasteiger partial charge in [0.1, 0.15) is 19.0 Å². The summed E-state index contributed by atoms with van der Waals surface area (Å²) in [5, 5.41) is 0.542. The van der Waals surface area contributed by atoms with Gasteiger partial charge in [0, 0.05) is 11.1 Å². The number of alkyl halides is 1. The lowest BCUT2D eigenvalue weighted by Gasteiger charge is -2.37. The second kappa shape index (κ2) is 10.7. The van der Waals surface area contributed by atoms with Crippen molar-refractivity contribution in [2.24, 2.45) is 0 Å². The molecule has 0 unspecified atom stereocenters. The van der Waals surface area contributed by atoms with E-state index >= 15 is 0 Å². The number of amides is 2. The number of quaternary nitrogens is 1. The number of carbonyl (C=O) groups is 2. The molecule has 0 radical (unpaired) electrons. The van der Waals surface area contributed by atoms with Gasteiger partial charge < -0.3 is 26.9 Å². The van der Waals surface area contributed by atoms with Gasteiger partial charge in [-0.15, -0.1) is 11.6 Å². The highest BCUT2D eigenvalue weighted by atomic mass is 35.5. The summed E-state index contributed by atoms with van der Waals surface area (Å²) < 4.78 is 5.05. The molecule has 7 nitrogen and oxygen atoms in total. The molecule has 2 aliphatic rings. The number of halogens is 3. The van der Waals surface area contributed by atoms with Crippen molar-refractivity contribution in [3.05, 3.63) is 41.6 Å². The lowest BCUT2D eigenvalue weighted by Crippen LogP contribution is -3.15. The number of carbonyl (C=O) groups excluding carboxylic acids is 2. The SMILES string of the molecule is O=C(CCl)OCC[NH+]1CCN(C(=O)N2c3ccccc3Sc3cc(Cl)cnc32)CC1.[Cl-]. The smallest absolute Gasteiger partial charge is 0.330 e. The van der Waals surface area contributed by atoms with E-state index in [1.165, 1.54) is 4.90 Å². The molecular weight excluding hydrogens is 483 g/mol. The normalized spacial score (nSPS) is 15.5. The number of para-hydroxylation sites is 1. The molecule has 0 aliphatic carbocycles. The van der Waals surface area contributed by atoms with Crippen molar-refractivity contribution in [3.8, 4) is 0 Å². The summed E-state index contributed by atoms with van der Waals surface area (Å²) in [7, 11) is 0. The van der Waals surface area contributed by atoms with Crippen LogP contribution in [0.3, 0.4) is 0 Å². The van der Waals surface area contributed by atoms with Crippen molar-refractivity contribution in [2.75, 3.05) is 50.1 Å². The fourth-order valence-corrected chi connectivity index (χ4v) is 4.93. The molecule has 1 aromatic heterocycles. The Balaban J connectivity index is 0.00000272. The first-order chi connectivity index (χ1) is 14.6. The molecule has 0 spiro atoms. The number of esters is 1. The molecule has 0 bridgehead atoms. The highest BCUT2D eigenvalue weighted by Gasteiger charge is 2.34. The molecular formula is C20H21Cl3N4O3S. The fraction of sp³-hybridized carbons (Fsp3) is 0.350. The molecule has 31 heavy (non-hydrogen) atoms. The van der Waals surface area contributed by atoms with E-state index in [-0.39, 0.29) is 24.3 Å². The quantitative estimate of drug-likeness (QED) is 0.448. The van der Waals surface area contributed by atoms with Crippen LogP contribution in [-0.2, 0) is 9.53 Å². The van der Waals surface area contributed by atoms with Gasteiger partial charge in [0.2, 0.25) is 0 Å². The number of benzene rings is 1. The Morgan fingerprint density at radius 2 is 1.94 bits per heavy atom. The van der Waals surface area contributed by atoms with Gasteiger partial charge in [0.15, 0.2) is 5.82 Å². The van der Waals surface area contributed by atoms with Crippen molar-refractivity contribution < 1.29 is 31.6 Å². The Labute approximate surface area is 201 Å². The third-order valence-corrected chi connectivity index (χ3v) is 6.61. The van der Waals surface area contributed by atoms with Crippen LogP contribution in [0.1, 0.15) is 0 Å². The summed E-state index contributed by atoms with van der Waals surface area (Å²) in [5.41, 5.74) is 0.831. The Hall–Kier alpha value is -1.71. The average Bonchev–Trinajstić information content (AvgIpc) is 2.77. The molecule has 4 rings (SSSR count). The maximum absolute atomic E-state index is 13.5. The van der Waals surface area contributed by atoms with Crippen LogP contribution < -0.4 is 22.2 Å². The highest BCUT2D eigenvalue weighted by molar-refractivity contribution is 7.99. The van der Waals surface area contributed by atoms with E-state index in [2.05, 4.69) is 4.98 Å². The Morgan fingerprint density at radius 3 is 2.68 bits per heavy atom. The molecule has 0 saturated carbocycles. The number of pyridine rings is 1. The predicted octanol–water partition coefficient (Wildman–Crippen LogP) is -0.556. The van der Waals surface area contributed by atoms with Crippen molar-refractivity contribution in [1.82, 2.24) is 9.88 Å². The third-order valence-electron chi connectivity index (χ3n) is 5.10. The van der Waals surface area contributed by atoms with Gasteiger partial charge in [-0.1, -0.05) is 35.5 Å². The van der Waals surface area contributed by atoms with Crippen molar-refractivity contribution >= 4 is 58.5 Å². The summed E-state index contributed by atoms with van der Waals surface area (Å²) in [4.78, 5) is 35.8. The monoisotopic (exact) mass is 502 g/mol. The number of urea groups is 1. The Bertz CT molecular complexity index is 957. The molecule has 1 fully saturated rings. The van der Waals surface area contributed by atoms with Crippen LogP contribution in [-0.4, -0.2) is 67.1 Å². The first-order valence-electron chi connectivity index (χ1n) is 9.63. The standard InChI is InChI=1S/C20H20Cl2N4O3S.ClH/c21-12-18(27)29-10-9-24-5-7-25(8-6-24)20(28)26-15-3-1-2-4-16(15)30-17-11-14(22)13-23-19(17)26;/h1-4,11,13H,5-10,12H2;1H. The highest BCUT2D eigenvalue weighted by Crippen LogP contribution is 2.47. The lowest BCUT2D eigenvalue weighted by molar-refractivity contribution is -0.904. The summed E-state index contributed by atoms with van der Waals surface area (Å²) in [6, 6.07) is 9.56. The van der Waals surface area contributed by atoms with E-state index < -0.39 is 5.97 Å². The summed E-state index contributed by atoms with van der Waals surface area (Å²) in [5.74, 6) is 0.0714. The molecule has 0 atom stereocenters. The first-order valence-corrected chi connectivity index (χ1v) is 11.4. The maximum atomic E-state index is 13.5. The van der Waals surface area contributed by atoms with Gasteiger partial charge >= 0.3 is 12.0 Å². The average molecular weight is 504 g/mol. The lowest BCUT2D eigenvalue weighted by atomic mass is 10.2. The van der Waals surface area contributed by atoms with Crippen LogP contribution in [0.4, 0.5) is 16.3 Å². The van der Waals surface area contributed by atoms with E-state index in [1.54, 1.807) is 22.9 Å². The van der Waals surface area contributed by atoms with Gasteiger partial charge in [-0.05, 0) is 18.2 Å². The molecule has 2 amide bonds. The van der Waals surface area contributed by atoms with Crippen LogP contribution in [0.5, 0.6) is 0 Å². The summed E-state index contributed by atoms with van der Waals surface area (Å²) >= 11 is 13.1. The van der Waals surface area contributed by atoms with E-state index in [4.69, 9.17) is 27.9 Å². The number of piperazine rings is 1. The van der Waals surface area contributed by atoms with Crippen molar-refractivity contribution in [1.29, 1.82) is 0 Å². The molecule has 3 heterocycles. The molecule has 1 aromatic carbocycles. The maximum Gasteiger partial charge on any atom is 0.330 e. The van der Waals surface area contributed by atoms with Gasteiger partial charge in [0.05, 0.1) is 41.8 Å². The van der Waals surface area contributed by atoms with Gasteiger partial charge in [-0.3, -0.25) is 4.79 Å². The number of anilines is 2. The van der Waals surface area contributed by atoms with Crippen LogP contribution in [0.2, 0.25) is 5.02 Å². The molecule has 1 saturated heterocycles. The topological polar surface area (TPSA) is 67.2 Å². The largest absolute Gasteiger partial charge is 1.00 e. The van der Waals surface area contributed by atoms with Crippen LogP contribution in [0.15, 0.2) is 46.3 Å². The van der Waals surface area contributed by atoms with E-state index in [9.17, 15) is 9.59 Å². The number of rotatable bonds is 4. The number of hydrogen-bond acceptors (Lipinski definition) is 5. The van der Waals surface area contributed by atoms with Crippen LogP contribution in [0.25, 0.3) is 0 Å². The second-order valence-electron chi connectivity index (χ2n) is 7.00. The molecule has 166 valence electrons. The van der Waals surface area contributed by atoms with E-state index in [0.29, 0.717) is 37.1 Å².